The molecule has 0 saturated carbocycles. The average Bonchev–Trinajstić information content (AvgIpc) is 3.45. The number of benzene rings is 3. The highest BCUT2D eigenvalue weighted by atomic mass is 35.5. The number of thioether (sulfide) groups is 1. The highest BCUT2D eigenvalue weighted by Crippen LogP contribution is 2.43. The van der Waals surface area contributed by atoms with Crippen LogP contribution in [0.1, 0.15) is 38.8 Å². The van der Waals surface area contributed by atoms with Crippen LogP contribution in [0.2, 0.25) is 5.02 Å². The number of amides is 2. The highest BCUT2D eigenvalue weighted by Gasteiger charge is 2.34. The van der Waals surface area contributed by atoms with Crippen molar-refractivity contribution >= 4 is 52.2 Å². The average molecular weight is 494 g/mol. The molecular weight excluding hydrogens is 474 g/mol. The predicted molar refractivity (Wildman–Crippen MR) is 134 cm³/mol. The number of carbonyl (C=O) groups is 2. The first kappa shape index (κ1) is 22.4. The molecule has 1 aliphatic heterocycles. The Balaban J connectivity index is 1.33. The van der Waals surface area contributed by atoms with Gasteiger partial charge in [-0.25, -0.2) is 0 Å². The van der Waals surface area contributed by atoms with Crippen LogP contribution in [0.4, 0.5) is 17.1 Å². The summed E-state index contributed by atoms with van der Waals surface area (Å²) in [5, 5.41) is 13.7. The van der Waals surface area contributed by atoms with Crippen LogP contribution in [0.3, 0.4) is 0 Å². The van der Waals surface area contributed by atoms with Gasteiger partial charge in [0.25, 0.3) is 11.6 Å². The van der Waals surface area contributed by atoms with Crippen molar-refractivity contribution in [3.05, 3.63) is 98.1 Å². The summed E-state index contributed by atoms with van der Waals surface area (Å²) in [5.74, 6) is 0.0163. The Labute approximate surface area is 205 Å². The quantitative estimate of drug-likeness (QED) is 0.360. The Morgan fingerprint density at radius 3 is 2.59 bits per heavy atom. The Bertz CT molecular complexity index is 1310. The molecule has 172 valence electrons. The van der Waals surface area contributed by atoms with Gasteiger partial charge in [-0.05, 0) is 72.4 Å². The molecule has 1 N–H and O–H groups in total. The predicted octanol–water partition coefficient (Wildman–Crippen LogP) is 5.77. The van der Waals surface area contributed by atoms with Crippen LogP contribution in [0.25, 0.3) is 0 Å². The fourth-order valence-corrected chi connectivity index (χ4v) is 5.75. The van der Waals surface area contributed by atoms with Gasteiger partial charge in [0.2, 0.25) is 5.91 Å². The molecule has 0 unspecified atom stereocenters. The van der Waals surface area contributed by atoms with Crippen molar-refractivity contribution in [3.8, 4) is 0 Å². The number of rotatable bonds is 5. The smallest absolute Gasteiger partial charge is 0.288 e. The molecule has 0 spiro atoms. The Morgan fingerprint density at radius 1 is 1.06 bits per heavy atom. The molecule has 0 bridgehead atoms. The summed E-state index contributed by atoms with van der Waals surface area (Å²) in [5.41, 5.74) is 4.93. The molecule has 34 heavy (non-hydrogen) atoms. The minimum Gasteiger partial charge on any atom is -0.322 e. The van der Waals surface area contributed by atoms with Gasteiger partial charge in [-0.15, -0.1) is 11.8 Å². The van der Waals surface area contributed by atoms with Gasteiger partial charge < -0.3 is 5.32 Å². The van der Waals surface area contributed by atoms with Crippen LogP contribution < -0.4 is 10.2 Å². The van der Waals surface area contributed by atoms with Gasteiger partial charge in [0, 0.05) is 23.0 Å². The summed E-state index contributed by atoms with van der Waals surface area (Å²) >= 11 is 7.40. The van der Waals surface area contributed by atoms with E-state index >= 15 is 0 Å². The van der Waals surface area contributed by atoms with E-state index in [4.69, 9.17) is 11.6 Å². The fourth-order valence-electron chi connectivity index (χ4n) is 4.39. The lowest BCUT2D eigenvalue weighted by Crippen LogP contribution is -2.27. The number of carbonyl (C=O) groups excluding carboxylic acids is 2. The van der Waals surface area contributed by atoms with Crippen LogP contribution in [-0.2, 0) is 17.6 Å². The standard InChI is InChI=1S/C25H20ClN3O4S/c26-21-11-7-18(13-22(21)29(32)33)24(31)27-19-8-4-16(5-9-19)25-28(23(30)14-34-25)20-10-6-15-2-1-3-17(15)12-20/h4-13,25H,1-3,14H2,(H,27,31)/t25-/m0/s1. The number of hydrogen-bond donors (Lipinski definition) is 1. The van der Waals surface area contributed by atoms with E-state index in [9.17, 15) is 19.7 Å². The zero-order valence-electron chi connectivity index (χ0n) is 18.0. The van der Waals surface area contributed by atoms with Gasteiger partial charge in [-0.2, -0.15) is 0 Å². The number of anilines is 2. The van der Waals surface area contributed by atoms with Crippen molar-refractivity contribution in [2.24, 2.45) is 0 Å². The van der Waals surface area contributed by atoms with Crippen molar-refractivity contribution in [1.82, 2.24) is 0 Å². The topological polar surface area (TPSA) is 92.6 Å². The van der Waals surface area contributed by atoms with E-state index in [0.717, 1.165) is 36.6 Å². The summed E-state index contributed by atoms with van der Waals surface area (Å²) < 4.78 is 0. The zero-order chi connectivity index (χ0) is 23.8. The molecule has 7 nitrogen and oxygen atoms in total. The zero-order valence-corrected chi connectivity index (χ0v) is 19.6. The van der Waals surface area contributed by atoms with E-state index in [1.165, 1.54) is 23.3 Å². The van der Waals surface area contributed by atoms with Gasteiger partial charge in [0.1, 0.15) is 10.4 Å². The van der Waals surface area contributed by atoms with Crippen LogP contribution in [0, 0.1) is 10.1 Å². The molecule has 2 amide bonds. The van der Waals surface area contributed by atoms with Gasteiger partial charge in [-0.1, -0.05) is 29.8 Å². The number of nitro groups is 1. The van der Waals surface area contributed by atoms with Crippen molar-refractivity contribution in [1.29, 1.82) is 0 Å². The van der Waals surface area contributed by atoms with E-state index in [-0.39, 0.29) is 27.6 Å². The van der Waals surface area contributed by atoms with Crippen molar-refractivity contribution in [2.75, 3.05) is 16.0 Å². The first-order valence-electron chi connectivity index (χ1n) is 10.8. The second kappa shape index (κ2) is 9.12. The molecule has 5 rings (SSSR count). The second-order valence-electron chi connectivity index (χ2n) is 8.23. The molecule has 1 atom stereocenters. The lowest BCUT2D eigenvalue weighted by atomic mass is 10.1. The summed E-state index contributed by atoms with van der Waals surface area (Å²) in [6, 6.07) is 17.5. The van der Waals surface area contributed by atoms with Crippen LogP contribution in [0.5, 0.6) is 0 Å². The van der Waals surface area contributed by atoms with Gasteiger partial charge in [-0.3, -0.25) is 24.6 Å². The maximum atomic E-state index is 12.7. The third kappa shape index (κ3) is 4.26. The van der Waals surface area contributed by atoms with Crippen LogP contribution in [0.15, 0.2) is 60.7 Å². The van der Waals surface area contributed by atoms with E-state index in [1.807, 2.05) is 23.1 Å². The SMILES string of the molecule is O=C(Nc1ccc([C@@H]2SCC(=O)N2c2ccc3c(c2)CCC3)cc1)c1ccc(Cl)c([N+](=O)[O-])c1. The third-order valence-electron chi connectivity index (χ3n) is 6.09. The van der Waals surface area contributed by atoms with Gasteiger partial charge in [0.05, 0.1) is 10.7 Å². The minimum atomic E-state index is -0.624. The lowest BCUT2D eigenvalue weighted by molar-refractivity contribution is -0.384. The number of fused-ring (bicyclic) bond motifs is 1. The molecule has 1 fully saturated rings. The maximum Gasteiger partial charge on any atom is 0.288 e. The van der Waals surface area contributed by atoms with Gasteiger partial charge in [0.15, 0.2) is 0 Å². The second-order valence-corrected chi connectivity index (χ2v) is 9.71. The molecule has 2 aliphatic rings. The summed E-state index contributed by atoms with van der Waals surface area (Å²) in [6.45, 7) is 0. The van der Waals surface area contributed by atoms with Crippen molar-refractivity contribution in [2.45, 2.75) is 24.6 Å². The largest absolute Gasteiger partial charge is 0.322 e. The normalized spacial score (nSPS) is 17.0. The fraction of sp³-hybridized carbons (Fsp3) is 0.200. The molecule has 3 aromatic rings. The number of halogens is 1. The van der Waals surface area contributed by atoms with Gasteiger partial charge >= 0.3 is 0 Å². The van der Waals surface area contributed by atoms with Crippen molar-refractivity contribution in [3.63, 3.8) is 0 Å². The minimum absolute atomic E-state index is 0.0255. The maximum absolute atomic E-state index is 12.7. The van der Waals surface area contributed by atoms with Crippen molar-refractivity contribution < 1.29 is 14.5 Å². The summed E-state index contributed by atoms with van der Waals surface area (Å²) in [4.78, 5) is 37.6. The number of nitro benzene ring substituents is 1. The van der Waals surface area contributed by atoms with Crippen LogP contribution >= 0.6 is 23.4 Å². The lowest BCUT2D eigenvalue weighted by Gasteiger charge is -2.25. The Hall–Kier alpha value is -3.36. The molecule has 1 heterocycles. The highest BCUT2D eigenvalue weighted by molar-refractivity contribution is 8.00. The monoisotopic (exact) mass is 493 g/mol. The molecular formula is C25H20ClN3O4S. The first-order valence-corrected chi connectivity index (χ1v) is 12.2. The number of nitrogens with one attached hydrogen (secondary N) is 1. The van der Waals surface area contributed by atoms with E-state index in [1.54, 1.807) is 23.9 Å². The molecule has 1 aliphatic carbocycles. The van der Waals surface area contributed by atoms with Crippen LogP contribution in [-0.4, -0.2) is 22.5 Å². The Kier molecular flexibility index (Phi) is 6.02. The number of aryl methyl sites for hydroxylation is 2. The van der Waals surface area contributed by atoms with E-state index in [2.05, 4.69) is 17.4 Å². The summed E-state index contributed by atoms with van der Waals surface area (Å²) in [7, 11) is 0. The molecule has 1 saturated heterocycles. The molecule has 0 radical (unpaired) electrons. The molecule has 3 aromatic carbocycles. The van der Waals surface area contributed by atoms with E-state index < -0.39 is 10.8 Å². The molecule has 0 aromatic heterocycles. The number of hydrogen-bond acceptors (Lipinski definition) is 5. The Morgan fingerprint density at radius 2 is 1.82 bits per heavy atom. The third-order valence-corrected chi connectivity index (χ3v) is 7.62. The summed E-state index contributed by atoms with van der Waals surface area (Å²) in [6.07, 6.45) is 3.30. The first-order chi connectivity index (χ1) is 16.4. The molecule has 9 heteroatoms. The van der Waals surface area contributed by atoms with E-state index in [0.29, 0.717) is 11.4 Å². The number of nitrogens with zero attached hydrogens (tertiary/aromatic N) is 2.